The van der Waals surface area contributed by atoms with Crippen molar-refractivity contribution in [2.45, 2.75) is 18.8 Å². The van der Waals surface area contributed by atoms with Gasteiger partial charge in [-0.25, -0.2) is 0 Å². The Hall–Kier alpha value is -2.27. The first-order valence-corrected chi connectivity index (χ1v) is 7.33. The summed E-state index contributed by atoms with van der Waals surface area (Å²) in [7, 11) is 1.45. The van der Waals surface area contributed by atoms with E-state index in [0.29, 0.717) is 5.92 Å². The van der Waals surface area contributed by atoms with Gasteiger partial charge < -0.3 is 10.5 Å². The molecule has 0 aromatic heterocycles. The summed E-state index contributed by atoms with van der Waals surface area (Å²) < 4.78 is 5.38. The van der Waals surface area contributed by atoms with Gasteiger partial charge in [0.15, 0.2) is 0 Å². The first-order valence-electron chi connectivity index (χ1n) is 7.33. The van der Waals surface area contributed by atoms with Crippen molar-refractivity contribution in [3.8, 4) is 0 Å². The normalized spacial score (nSPS) is 16.9. The summed E-state index contributed by atoms with van der Waals surface area (Å²) in [4.78, 5) is 14.8. The molecule has 5 nitrogen and oxygen atoms in total. The van der Waals surface area contributed by atoms with Gasteiger partial charge in [0.05, 0.1) is 5.71 Å². The summed E-state index contributed by atoms with van der Waals surface area (Å²) in [5, 5.41) is 7.80. The van der Waals surface area contributed by atoms with E-state index in [1.54, 1.807) is 6.08 Å². The highest BCUT2D eigenvalue weighted by Gasteiger charge is 2.15. The van der Waals surface area contributed by atoms with Gasteiger partial charge >= 0.3 is 0 Å². The van der Waals surface area contributed by atoms with Gasteiger partial charge in [0.25, 0.3) is 5.91 Å². The van der Waals surface area contributed by atoms with E-state index in [-0.39, 0.29) is 11.4 Å². The van der Waals surface area contributed by atoms with Crippen LogP contribution in [0.5, 0.6) is 0 Å². The van der Waals surface area contributed by atoms with Crippen LogP contribution in [0.15, 0.2) is 35.3 Å². The molecular formula is C17H21N3O2. The lowest BCUT2D eigenvalue weighted by molar-refractivity contribution is -0.111. The van der Waals surface area contributed by atoms with Gasteiger partial charge in [-0.05, 0) is 36.0 Å². The van der Waals surface area contributed by atoms with Gasteiger partial charge in [-0.15, -0.1) is 0 Å². The molecule has 2 rings (SSSR count). The Labute approximate surface area is 130 Å². The quantitative estimate of drug-likeness (QED) is 0.816. The second-order valence-electron chi connectivity index (χ2n) is 5.24. The van der Waals surface area contributed by atoms with Crippen LogP contribution in [-0.4, -0.2) is 37.6 Å². The number of hydrogen-bond donors (Lipinski definition) is 2. The number of primary amides is 1. The van der Waals surface area contributed by atoms with Crippen LogP contribution in [0.3, 0.4) is 0 Å². The molecule has 1 aromatic rings. The van der Waals surface area contributed by atoms with Crippen molar-refractivity contribution in [1.29, 1.82) is 5.41 Å². The van der Waals surface area contributed by atoms with Gasteiger partial charge in [-0.3, -0.25) is 15.2 Å². The molecule has 1 amide bonds. The predicted molar refractivity (Wildman–Crippen MR) is 88.6 cm³/mol. The molecule has 116 valence electrons. The first-order chi connectivity index (χ1) is 10.6. The molecule has 1 fully saturated rings. The number of hydrogen-bond acceptors (Lipinski definition) is 4. The summed E-state index contributed by atoms with van der Waals surface area (Å²) in [6, 6.07) is 8.26. The smallest absolute Gasteiger partial charge is 0.269 e. The molecule has 1 saturated heterocycles. The molecule has 0 bridgehead atoms. The van der Waals surface area contributed by atoms with E-state index in [0.717, 1.165) is 31.6 Å². The number of rotatable bonds is 5. The lowest BCUT2D eigenvalue weighted by Crippen LogP contribution is -2.29. The molecule has 1 aliphatic rings. The monoisotopic (exact) mass is 299 g/mol. The maximum atomic E-state index is 11.1. The maximum absolute atomic E-state index is 11.1. The molecule has 5 heteroatoms. The SMILES string of the molecule is CN=C(C(=N)/C=C/c1ccc(C2CCOCC2)cc1)C(N)=O. The lowest BCUT2D eigenvalue weighted by Gasteiger charge is -2.22. The number of benzene rings is 1. The fraction of sp³-hybridized carbons (Fsp3) is 0.353. The molecule has 0 saturated carbocycles. The molecule has 0 aliphatic carbocycles. The number of nitrogens with one attached hydrogen (secondary N) is 1. The fourth-order valence-electron chi connectivity index (χ4n) is 2.53. The van der Waals surface area contributed by atoms with E-state index in [9.17, 15) is 4.79 Å². The molecule has 1 heterocycles. The molecular weight excluding hydrogens is 278 g/mol. The van der Waals surface area contributed by atoms with Crippen molar-refractivity contribution < 1.29 is 9.53 Å². The third-order valence-electron chi connectivity index (χ3n) is 3.78. The van der Waals surface area contributed by atoms with Gasteiger partial charge in [-0.2, -0.15) is 0 Å². The van der Waals surface area contributed by atoms with Gasteiger partial charge in [0.1, 0.15) is 5.71 Å². The van der Waals surface area contributed by atoms with Crippen LogP contribution >= 0.6 is 0 Å². The van der Waals surface area contributed by atoms with Crippen molar-refractivity contribution >= 4 is 23.4 Å². The van der Waals surface area contributed by atoms with Gasteiger partial charge in [0.2, 0.25) is 0 Å². The maximum Gasteiger partial charge on any atom is 0.269 e. The van der Waals surface area contributed by atoms with E-state index in [2.05, 4.69) is 17.1 Å². The van der Waals surface area contributed by atoms with Gasteiger partial charge in [0, 0.05) is 20.3 Å². The van der Waals surface area contributed by atoms with Crippen molar-refractivity contribution in [1.82, 2.24) is 0 Å². The largest absolute Gasteiger partial charge is 0.381 e. The van der Waals surface area contributed by atoms with E-state index in [4.69, 9.17) is 15.9 Å². The van der Waals surface area contributed by atoms with Crippen LogP contribution in [0.25, 0.3) is 6.08 Å². The van der Waals surface area contributed by atoms with Crippen LogP contribution in [0.2, 0.25) is 0 Å². The van der Waals surface area contributed by atoms with Gasteiger partial charge in [-0.1, -0.05) is 30.3 Å². The van der Waals surface area contributed by atoms with Crippen molar-refractivity contribution in [3.63, 3.8) is 0 Å². The Morgan fingerprint density at radius 1 is 1.32 bits per heavy atom. The first kappa shape index (κ1) is 16.1. The number of carbonyl (C=O) groups is 1. The van der Waals surface area contributed by atoms with Crippen LogP contribution in [0.1, 0.15) is 29.9 Å². The zero-order valence-electron chi connectivity index (χ0n) is 12.7. The topological polar surface area (TPSA) is 88.5 Å². The molecule has 0 unspecified atom stereocenters. The Balaban J connectivity index is 2.03. The van der Waals surface area contributed by atoms with E-state index < -0.39 is 5.91 Å². The Kier molecular flexibility index (Phi) is 5.61. The summed E-state index contributed by atoms with van der Waals surface area (Å²) in [5.41, 5.74) is 7.46. The number of nitrogens with two attached hydrogens (primary N) is 1. The number of aliphatic imine (C=N–C) groups is 1. The van der Waals surface area contributed by atoms with Crippen LogP contribution < -0.4 is 5.73 Å². The zero-order valence-corrected chi connectivity index (χ0v) is 12.7. The van der Waals surface area contributed by atoms with E-state index >= 15 is 0 Å². The van der Waals surface area contributed by atoms with E-state index in [1.807, 2.05) is 12.1 Å². The standard InChI is InChI=1S/C17H21N3O2/c1-20-16(17(19)21)15(18)7-4-12-2-5-13(6-3-12)14-8-10-22-11-9-14/h2-7,14,18H,8-11H2,1H3,(H2,19,21)/b7-4+,18-15?,20-16?. The highest BCUT2D eigenvalue weighted by molar-refractivity contribution is 6.68. The summed E-state index contributed by atoms with van der Waals surface area (Å²) in [6.45, 7) is 1.66. The molecule has 0 spiro atoms. The average molecular weight is 299 g/mol. The van der Waals surface area contributed by atoms with Crippen molar-refractivity contribution in [2.24, 2.45) is 10.7 Å². The molecule has 1 aromatic carbocycles. The minimum Gasteiger partial charge on any atom is -0.381 e. The number of amides is 1. The van der Waals surface area contributed by atoms with Crippen molar-refractivity contribution in [2.75, 3.05) is 20.3 Å². The second-order valence-corrected chi connectivity index (χ2v) is 5.24. The second kappa shape index (κ2) is 7.66. The number of nitrogens with zero attached hydrogens (tertiary/aromatic N) is 1. The van der Waals surface area contributed by atoms with Crippen LogP contribution in [0.4, 0.5) is 0 Å². The Morgan fingerprint density at radius 2 is 1.95 bits per heavy atom. The Morgan fingerprint density at radius 3 is 2.50 bits per heavy atom. The number of carbonyl (C=O) groups excluding carboxylic acids is 1. The third-order valence-corrected chi connectivity index (χ3v) is 3.78. The lowest BCUT2D eigenvalue weighted by atomic mass is 9.91. The minimum atomic E-state index is -0.688. The molecule has 1 aliphatic heterocycles. The molecule has 22 heavy (non-hydrogen) atoms. The number of ether oxygens (including phenoxy) is 1. The Bertz CT molecular complexity index is 597. The highest BCUT2D eigenvalue weighted by Crippen LogP contribution is 2.26. The molecule has 0 radical (unpaired) electrons. The van der Waals surface area contributed by atoms with E-state index in [1.165, 1.54) is 18.7 Å². The number of allylic oxidation sites excluding steroid dienone is 1. The van der Waals surface area contributed by atoms with Crippen molar-refractivity contribution in [3.05, 3.63) is 41.5 Å². The fourth-order valence-corrected chi connectivity index (χ4v) is 2.53. The molecule has 0 atom stereocenters. The summed E-state index contributed by atoms with van der Waals surface area (Å²) in [6.07, 6.45) is 5.45. The highest BCUT2D eigenvalue weighted by atomic mass is 16.5. The van der Waals surface area contributed by atoms with Crippen LogP contribution in [0, 0.1) is 5.41 Å². The minimum absolute atomic E-state index is 0.0171. The predicted octanol–water partition coefficient (Wildman–Crippen LogP) is 2.17. The summed E-state index contributed by atoms with van der Waals surface area (Å²) >= 11 is 0. The summed E-state index contributed by atoms with van der Waals surface area (Å²) in [5.74, 6) is -0.120. The average Bonchev–Trinajstić information content (AvgIpc) is 2.54. The van der Waals surface area contributed by atoms with Crippen LogP contribution in [-0.2, 0) is 9.53 Å². The third kappa shape index (κ3) is 4.11. The molecule has 3 N–H and O–H groups in total. The zero-order chi connectivity index (χ0) is 15.9.